The van der Waals surface area contributed by atoms with Gasteiger partial charge in [0.15, 0.2) is 0 Å². The Hall–Kier alpha value is -2.14. The fraction of sp³-hybridized carbons (Fsp3) is 0.412. The van der Waals surface area contributed by atoms with Crippen molar-refractivity contribution in [2.75, 3.05) is 6.61 Å². The molecule has 1 saturated heterocycles. The molecule has 1 aromatic heterocycles. The van der Waals surface area contributed by atoms with Gasteiger partial charge < -0.3 is 10.1 Å². The maximum absolute atomic E-state index is 11.9. The van der Waals surface area contributed by atoms with Gasteiger partial charge in [0.05, 0.1) is 25.3 Å². The Kier molecular flexibility index (Phi) is 4.85. The number of carbonyl (C=O) groups is 1. The molecule has 0 unspecified atom stereocenters. The maximum atomic E-state index is 11.9. The van der Waals surface area contributed by atoms with Crippen molar-refractivity contribution in [2.24, 2.45) is 0 Å². The number of hydrogen-bond acceptors (Lipinski definition) is 3. The average Bonchev–Trinajstić information content (AvgIpc) is 3.18. The van der Waals surface area contributed by atoms with Crippen LogP contribution in [0.25, 0.3) is 0 Å². The minimum Gasteiger partial charge on any atom is -0.378 e. The summed E-state index contributed by atoms with van der Waals surface area (Å²) in [5, 5.41) is 7.26. The maximum Gasteiger partial charge on any atom is 0.222 e. The minimum atomic E-state index is 0.0442. The number of hydrogen-bond donors (Lipinski definition) is 1. The predicted molar refractivity (Wildman–Crippen MR) is 83.2 cm³/mol. The van der Waals surface area contributed by atoms with Gasteiger partial charge in [0.25, 0.3) is 0 Å². The Labute approximate surface area is 130 Å². The van der Waals surface area contributed by atoms with E-state index < -0.39 is 0 Å². The lowest BCUT2D eigenvalue weighted by molar-refractivity contribution is -0.123. The van der Waals surface area contributed by atoms with E-state index in [1.54, 1.807) is 6.20 Å². The van der Waals surface area contributed by atoms with Gasteiger partial charge in [-0.2, -0.15) is 5.10 Å². The highest BCUT2D eigenvalue weighted by Gasteiger charge is 2.18. The molecule has 22 heavy (non-hydrogen) atoms. The Bertz CT molecular complexity index is 603. The Morgan fingerprint density at radius 3 is 2.95 bits per heavy atom. The van der Waals surface area contributed by atoms with Crippen LogP contribution in [0.2, 0.25) is 0 Å². The summed E-state index contributed by atoms with van der Waals surface area (Å²) in [6.45, 7) is 2.04. The van der Waals surface area contributed by atoms with E-state index in [9.17, 15) is 4.79 Å². The largest absolute Gasteiger partial charge is 0.378 e. The van der Waals surface area contributed by atoms with E-state index in [0.29, 0.717) is 13.0 Å². The number of nitrogens with zero attached hydrogens (tertiary/aromatic N) is 2. The molecule has 1 N–H and O–H groups in total. The van der Waals surface area contributed by atoms with E-state index >= 15 is 0 Å². The molecule has 2 aromatic rings. The lowest BCUT2D eigenvalue weighted by Crippen LogP contribution is -2.26. The molecule has 2 heterocycles. The molecular formula is C17H21N3O2. The summed E-state index contributed by atoms with van der Waals surface area (Å²) < 4.78 is 7.35. The highest BCUT2D eigenvalue weighted by molar-refractivity contribution is 5.76. The molecule has 5 nitrogen and oxygen atoms in total. The molecule has 1 aliphatic rings. The molecule has 1 amide bonds. The van der Waals surface area contributed by atoms with Crippen molar-refractivity contribution >= 4 is 5.91 Å². The number of nitrogens with one attached hydrogen (secondary N) is 1. The second-order valence-electron chi connectivity index (χ2n) is 5.65. The van der Waals surface area contributed by atoms with Crippen LogP contribution in [-0.2, 0) is 22.6 Å². The van der Waals surface area contributed by atoms with E-state index in [4.69, 9.17) is 4.74 Å². The predicted octanol–water partition coefficient (Wildman–Crippen LogP) is 2.12. The zero-order valence-corrected chi connectivity index (χ0v) is 12.6. The van der Waals surface area contributed by atoms with E-state index in [0.717, 1.165) is 31.6 Å². The number of benzene rings is 1. The Morgan fingerprint density at radius 2 is 2.18 bits per heavy atom. The number of carbonyl (C=O) groups excluding carboxylic acids is 1. The van der Waals surface area contributed by atoms with Crippen molar-refractivity contribution in [1.29, 1.82) is 0 Å². The molecule has 1 aromatic carbocycles. The van der Waals surface area contributed by atoms with Crippen molar-refractivity contribution in [3.05, 3.63) is 53.9 Å². The smallest absolute Gasteiger partial charge is 0.222 e. The average molecular weight is 299 g/mol. The molecule has 0 aliphatic carbocycles. The van der Waals surface area contributed by atoms with Crippen molar-refractivity contribution in [1.82, 2.24) is 15.1 Å². The first-order valence-corrected chi connectivity index (χ1v) is 7.73. The van der Waals surface area contributed by atoms with Gasteiger partial charge in [-0.25, -0.2) is 0 Å². The molecule has 116 valence electrons. The zero-order chi connectivity index (χ0) is 15.2. The second kappa shape index (κ2) is 7.22. The summed E-state index contributed by atoms with van der Waals surface area (Å²) in [5.41, 5.74) is 2.22. The monoisotopic (exact) mass is 299 g/mol. The standard InChI is InChI=1S/C17H21N3O2/c21-17(9-16-7-4-8-22-16)18-10-15-11-19-20(13-15)12-14-5-2-1-3-6-14/h1-3,5-6,11,13,16H,4,7-10,12H2,(H,18,21)/t16-/m0/s1. The van der Waals surface area contributed by atoms with Gasteiger partial charge in [-0.15, -0.1) is 0 Å². The highest BCUT2D eigenvalue weighted by atomic mass is 16.5. The van der Waals surface area contributed by atoms with Crippen LogP contribution in [0.15, 0.2) is 42.7 Å². The summed E-state index contributed by atoms with van der Waals surface area (Å²) in [5.74, 6) is 0.0442. The van der Waals surface area contributed by atoms with E-state index in [1.165, 1.54) is 5.56 Å². The number of amides is 1. The van der Waals surface area contributed by atoms with Crippen LogP contribution in [0.1, 0.15) is 30.4 Å². The van der Waals surface area contributed by atoms with Crippen LogP contribution in [0.3, 0.4) is 0 Å². The molecule has 0 spiro atoms. The normalized spacial score (nSPS) is 17.5. The van der Waals surface area contributed by atoms with E-state index in [-0.39, 0.29) is 12.0 Å². The van der Waals surface area contributed by atoms with Crippen molar-refractivity contribution in [2.45, 2.75) is 38.5 Å². The third-order valence-electron chi connectivity index (χ3n) is 3.80. The lowest BCUT2D eigenvalue weighted by Gasteiger charge is -2.08. The number of aromatic nitrogens is 2. The number of ether oxygens (including phenoxy) is 1. The number of rotatable bonds is 6. The van der Waals surface area contributed by atoms with Crippen LogP contribution in [0.4, 0.5) is 0 Å². The van der Waals surface area contributed by atoms with Gasteiger partial charge in [-0.05, 0) is 18.4 Å². The molecular weight excluding hydrogens is 278 g/mol. The zero-order valence-electron chi connectivity index (χ0n) is 12.6. The fourth-order valence-corrected chi connectivity index (χ4v) is 2.64. The van der Waals surface area contributed by atoms with Gasteiger partial charge in [-0.1, -0.05) is 30.3 Å². The molecule has 0 saturated carbocycles. The van der Waals surface area contributed by atoms with Gasteiger partial charge in [0, 0.05) is 24.9 Å². The van der Waals surface area contributed by atoms with Crippen LogP contribution < -0.4 is 5.32 Å². The summed E-state index contributed by atoms with van der Waals surface area (Å²) in [7, 11) is 0. The Morgan fingerprint density at radius 1 is 1.32 bits per heavy atom. The van der Waals surface area contributed by atoms with Gasteiger partial charge >= 0.3 is 0 Å². The first kappa shape index (κ1) is 14.8. The highest BCUT2D eigenvalue weighted by Crippen LogP contribution is 2.15. The molecule has 0 bridgehead atoms. The molecule has 1 aliphatic heterocycles. The molecule has 3 rings (SSSR count). The van der Waals surface area contributed by atoms with Crippen LogP contribution in [0.5, 0.6) is 0 Å². The van der Waals surface area contributed by atoms with Crippen molar-refractivity contribution < 1.29 is 9.53 Å². The fourth-order valence-electron chi connectivity index (χ4n) is 2.64. The van der Waals surface area contributed by atoms with Crippen LogP contribution >= 0.6 is 0 Å². The van der Waals surface area contributed by atoms with E-state index in [2.05, 4.69) is 22.5 Å². The SMILES string of the molecule is O=C(C[C@@H]1CCCO1)NCc1cnn(Cc2ccccc2)c1. The van der Waals surface area contributed by atoms with Crippen molar-refractivity contribution in [3.8, 4) is 0 Å². The van der Waals surface area contributed by atoms with Gasteiger partial charge in [-0.3, -0.25) is 9.48 Å². The molecule has 1 atom stereocenters. The molecule has 5 heteroatoms. The summed E-state index contributed by atoms with van der Waals surface area (Å²) >= 11 is 0. The third kappa shape index (κ3) is 4.18. The summed E-state index contributed by atoms with van der Waals surface area (Å²) in [6, 6.07) is 10.2. The molecule has 1 fully saturated rings. The van der Waals surface area contributed by atoms with Gasteiger partial charge in [0.1, 0.15) is 0 Å². The summed E-state index contributed by atoms with van der Waals surface area (Å²) in [6.07, 6.45) is 6.38. The lowest BCUT2D eigenvalue weighted by atomic mass is 10.2. The summed E-state index contributed by atoms with van der Waals surface area (Å²) in [4.78, 5) is 11.9. The van der Waals surface area contributed by atoms with E-state index in [1.807, 2.05) is 29.1 Å². The van der Waals surface area contributed by atoms with Gasteiger partial charge in [0.2, 0.25) is 5.91 Å². The minimum absolute atomic E-state index is 0.0442. The quantitative estimate of drug-likeness (QED) is 0.889. The van der Waals surface area contributed by atoms with Crippen LogP contribution in [0, 0.1) is 0 Å². The third-order valence-corrected chi connectivity index (χ3v) is 3.80. The first-order valence-electron chi connectivity index (χ1n) is 7.73. The first-order chi connectivity index (χ1) is 10.8. The van der Waals surface area contributed by atoms with Crippen molar-refractivity contribution in [3.63, 3.8) is 0 Å². The molecule has 0 radical (unpaired) electrons. The second-order valence-corrected chi connectivity index (χ2v) is 5.65. The van der Waals surface area contributed by atoms with Crippen LogP contribution in [-0.4, -0.2) is 28.4 Å². The topological polar surface area (TPSA) is 56.1 Å². The Balaban J connectivity index is 1.46.